The summed E-state index contributed by atoms with van der Waals surface area (Å²) < 4.78 is 5.55. The molecule has 0 aliphatic rings. The average Bonchev–Trinajstić information content (AvgIpc) is 2.59. The Balaban J connectivity index is 1.72. The van der Waals surface area contributed by atoms with E-state index in [2.05, 4.69) is 5.32 Å². The van der Waals surface area contributed by atoms with Gasteiger partial charge in [-0.2, -0.15) is 0 Å². The Kier molecular flexibility index (Phi) is 6.63. The Morgan fingerprint density at radius 2 is 1.83 bits per heavy atom. The molecule has 2 aromatic carbocycles. The van der Waals surface area contributed by atoms with E-state index in [4.69, 9.17) is 4.74 Å². The largest absolute Gasteiger partial charge is 0.483 e. The molecule has 0 saturated heterocycles. The number of aryl methyl sites for hydroxylation is 1. The van der Waals surface area contributed by atoms with Crippen molar-refractivity contribution in [3.63, 3.8) is 0 Å². The van der Waals surface area contributed by atoms with Gasteiger partial charge in [0, 0.05) is 13.0 Å². The van der Waals surface area contributed by atoms with Crippen molar-refractivity contribution in [1.82, 2.24) is 5.32 Å². The van der Waals surface area contributed by atoms with Crippen LogP contribution in [0.15, 0.2) is 54.6 Å². The van der Waals surface area contributed by atoms with Crippen molar-refractivity contribution in [3.05, 3.63) is 65.7 Å². The molecule has 0 heterocycles. The van der Waals surface area contributed by atoms with Gasteiger partial charge in [0.15, 0.2) is 6.61 Å². The van der Waals surface area contributed by atoms with E-state index >= 15 is 0 Å². The third-order valence-electron chi connectivity index (χ3n) is 3.56. The summed E-state index contributed by atoms with van der Waals surface area (Å²) in [5.41, 5.74) is 2.12. The topological polar surface area (TPSA) is 58.6 Å². The molecule has 0 bridgehead atoms. The average molecular weight is 313 g/mol. The zero-order chi connectivity index (χ0) is 16.5. The number of ether oxygens (including phenoxy) is 1. The van der Waals surface area contributed by atoms with Crippen LogP contribution in [-0.2, 0) is 17.6 Å². The molecule has 0 aromatic heterocycles. The minimum absolute atomic E-state index is 0.0466. The van der Waals surface area contributed by atoms with E-state index in [9.17, 15) is 9.90 Å². The molecule has 2 rings (SSSR count). The quantitative estimate of drug-likeness (QED) is 0.786. The first-order chi connectivity index (χ1) is 11.2. The van der Waals surface area contributed by atoms with Gasteiger partial charge in [-0.25, -0.2) is 0 Å². The summed E-state index contributed by atoms with van der Waals surface area (Å²) in [6.45, 7) is 2.21. The third kappa shape index (κ3) is 5.75. The van der Waals surface area contributed by atoms with Gasteiger partial charge >= 0.3 is 0 Å². The fourth-order valence-corrected chi connectivity index (χ4v) is 2.32. The van der Waals surface area contributed by atoms with Crippen LogP contribution in [0.5, 0.6) is 5.75 Å². The number of nitrogens with one attached hydrogen (secondary N) is 1. The Bertz CT molecular complexity index is 613. The maximum absolute atomic E-state index is 11.8. The lowest BCUT2D eigenvalue weighted by Crippen LogP contribution is -2.36. The number of carbonyl (C=O) groups is 1. The predicted octanol–water partition coefficient (Wildman–Crippen LogP) is 2.35. The van der Waals surface area contributed by atoms with Gasteiger partial charge in [0.2, 0.25) is 0 Å². The molecule has 0 radical (unpaired) electrons. The minimum atomic E-state index is -0.607. The van der Waals surface area contributed by atoms with E-state index in [0.29, 0.717) is 6.42 Å². The molecule has 1 amide bonds. The van der Waals surface area contributed by atoms with Crippen LogP contribution in [0.4, 0.5) is 0 Å². The normalized spacial score (nSPS) is 11.7. The summed E-state index contributed by atoms with van der Waals surface area (Å²) >= 11 is 0. The van der Waals surface area contributed by atoms with E-state index in [1.807, 2.05) is 61.5 Å². The second kappa shape index (κ2) is 8.96. The number of carbonyl (C=O) groups excluding carboxylic acids is 1. The van der Waals surface area contributed by atoms with Crippen molar-refractivity contribution >= 4 is 5.91 Å². The van der Waals surface area contributed by atoms with Gasteiger partial charge in [-0.05, 0) is 23.6 Å². The van der Waals surface area contributed by atoms with Crippen molar-refractivity contribution in [3.8, 4) is 5.75 Å². The van der Waals surface area contributed by atoms with Crippen LogP contribution in [-0.4, -0.2) is 30.3 Å². The van der Waals surface area contributed by atoms with Gasteiger partial charge in [-0.1, -0.05) is 55.5 Å². The Morgan fingerprint density at radius 3 is 2.57 bits per heavy atom. The summed E-state index contributed by atoms with van der Waals surface area (Å²) in [6, 6.07) is 17.4. The minimum Gasteiger partial charge on any atom is -0.483 e. The number of hydrogen-bond acceptors (Lipinski definition) is 3. The highest BCUT2D eigenvalue weighted by Crippen LogP contribution is 2.17. The highest BCUT2D eigenvalue weighted by molar-refractivity contribution is 5.77. The van der Waals surface area contributed by atoms with Crippen molar-refractivity contribution in [1.29, 1.82) is 0 Å². The van der Waals surface area contributed by atoms with E-state index in [1.165, 1.54) is 0 Å². The number of aliphatic hydroxyl groups excluding tert-OH is 1. The number of aliphatic hydroxyl groups is 1. The summed E-state index contributed by atoms with van der Waals surface area (Å²) in [4.78, 5) is 11.8. The van der Waals surface area contributed by atoms with Crippen LogP contribution in [0, 0.1) is 0 Å². The number of amides is 1. The molecule has 0 aliphatic heterocycles. The number of rotatable bonds is 8. The van der Waals surface area contributed by atoms with Gasteiger partial charge in [0.05, 0.1) is 6.10 Å². The summed E-state index contributed by atoms with van der Waals surface area (Å²) in [7, 11) is 0. The Hall–Kier alpha value is -2.33. The lowest BCUT2D eigenvalue weighted by Gasteiger charge is -2.13. The smallest absolute Gasteiger partial charge is 0.258 e. The van der Waals surface area contributed by atoms with E-state index in [1.54, 1.807) is 0 Å². The zero-order valence-electron chi connectivity index (χ0n) is 13.4. The second-order valence-corrected chi connectivity index (χ2v) is 5.40. The zero-order valence-corrected chi connectivity index (χ0v) is 13.4. The monoisotopic (exact) mass is 313 g/mol. The summed E-state index contributed by atoms with van der Waals surface area (Å²) in [5.74, 6) is 0.498. The number of benzene rings is 2. The van der Waals surface area contributed by atoms with Gasteiger partial charge in [0.25, 0.3) is 5.91 Å². The van der Waals surface area contributed by atoms with Crippen molar-refractivity contribution in [2.75, 3.05) is 13.2 Å². The first-order valence-electron chi connectivity index (χ1n) is 7.88. The van der Waals surface area contributed by atoms with Crippen LogP contribution >= 0.6 is 0 Å². The molecule has 4 nitrogen and oxygen atoms in total. The predicted molar refractivity (Wildman–Crippen MR) is 90.5 cm³/mol. The molecule has 0 fully saturated rings. The first kappa shape index (κ1) is 17.0. The molecule has 2 N–H and O–H groups in total. The van der Waals surface area contributed by atoms with Crippen LogP contribution in [0.3, 0.4) is 0 Å². The highest BCUT2D eigenvalue weighted by Gasteiger charge is 2.09. The van der Waals surface area contributed by atoms with Crippen molar-refractivity contribution in [2.45, 2.75) is 25.9 Å². The first-order valence-corrected chi connectivity index (χ1v) is 7.88. The maximum Gasteiger partial charge on any atom is 0.258 e. The summed E-state index contributed by atoms with van der Waals surface area (Å²) in [6.07, 6.45) is 0.762. The van der Waals surface area contributed by atoms with Crippen LogP contribution in [0.1, 0.15) is 18.1 Å². The van der Waals surface area contributed by atoms with E-state index in [-0.39, 0.29) is 19.1 Å². The molecule has 122 valence electrons. The molecule has 4 heteroatoms. The highest BCUT2D eigenvalue weighted by atomic mass is 16.5. The molecule has 0 spiro atoms. The molecular weight excluding hydrogens is 290 g/mol. The Morgan fingerprint density at radius 1 is 1.13 bits per heavy atom. The van der Waals surface area contributed by atoms with Crippen LogP contribution in [0.25, 0.3) is 0 Å². The van der Waals surface area contributed by atoms with Gasteiger partial charge in [-0.3, -0.25) is 4.79 Å². The third-order valence-corrected chi connectivity index (χ3v) is 3.56. The fourth-order valence-electron chi connectivity index (χ4n) is 2.32. The van der Waals surface area contributed by atoms with E-state index < -0.39 is 6.10 Å². The molecule has 23 heavy (non-hydrogen) atoms. The van der Waals surface area contributed by atoms with Gasteiger partial charge in [-0.15, -0.1) is 0 Å². The SMILES string of the molecule is CCc1ccccc1OCC(=O)NCC(O)Cc1ccccc1. The van der Waals surface area contributed by atoms with Crippen molar-refractivity contribution in [2.24, 2.45) is 0 Å². The fraction of sp³-hybridized carbons (Fsp3) is 0.316. The molecule has 1 atom stereocenters. The molecule has 2 aromatic rings. The van der Waals surface area contributed by atoms with Crippen molar-refractivity contribution < 1.29 is 14.6 Å². The van der Waals surface area contributed by atoms with Crippen LogP contribution in [0.2, 0.25) is 0 Å². The lowest BCUT2D eigenvalue weighted by atomic mass is 10.1. The lowest BCUT2D eigenvalue weighted by molar-refractivity contribution is -0.123. The standard InChI is InChI=1S/C19H23NO3/c1-2-16-10-6-7-11-18(16)23-14-19(22)20-13-17(21)12-15-8-4-3-5-9-15/h3-11,17,21H,2,12-14H2,1H3,(H,20,22). The molecule has 0 saturated carbocycles. The number of para-hydroxylation sites is 1. The van der Waals surface area contributed by atoms with Gasteiger partial charge < -0.3 is 15.2 Å². The Labute approximate surface area is 137 Å². The number of hydrogen-bond donors (Lipinski definition) is 2. The second-order valence-electron chi connectivity index (χ2n) is 5.40. The summed E-state index contributed by atoms with van der Waals surface area (Å²) in [5, 5.41) is 12.7. The molecule has 0 aliphatic carbocycles. The molecule has 1 unspecified atom stereocenters. The van der Waals surface area contributed by atoms with E-state index in [0.717, 1.165) is 23.3 Å². The maximum atomic E-state index is 11.8. The van der Waals surface area contributed by atoms with Crippen LogP contribution < -0.4 is 10.1 Å². The molecular formula is C19H23NO3. The van der Waals surface area contributed by atoms with Gasteiger partial charge in [0.1, 0.15) is 5.75 Å².